The van der Waals surface area contributed by atoms with Crippen LogP contribution in [0.2, 0.25) is 0 Å². The van der Waals surface area contributed by atoms with Crippen LogP contribution in [0.3, 0.4) is 0 Å². The van der Waals surface area contributed by atoms with Crippen molar-refractivity contribution >= 4 is 0 Å². The van der Waals surface area contributed by atoms with Gasteiger partial charge in [-0.3, -0.25) is 5.84 Å². The topological polar surface area (TPSA) is 49.5 Å². The molecule has 1 rings (SSSR count). The summed E-state index contributed by atoms with van der Waals surface area (Å²) in [6, 6.07) is 0. The van der Waals surface area contributed by atoms with E-state index >= 15 is 0 Å². The fourth-order valence-electron chi connectivity index (χ4n) is 1.96. The molecule has 3 heteroatoms. The van der Waals surface area contributed by atoms with Crippen LogP contribution in [-0.4, -0.2) is 29.8 Å². The van der Waals surface area contributed by atoms with Crippen LogP contribution in [0, 0.1) is 5.92 Å². The number of aliphatic hydroxyl groups excluding tert-OH is 1. The molecule has 1 aliphatic heterocycles. The van der Waals surface area contributed by atoms with E-state index in [0.717, 1.165) is 25.4 Å². The minimum absolute atomic E-state index is 0.348. The van der Waals surface area contributed by atoms with Crippen LogP contribution < -0.4 is 5.84 Å². The predicted octanol–water partition coefficient (Wildman–Crippen LogP) is 1.12. The second-order valence-corrected chi connectivity index (χ2v) is 4.05. The lowest BCUT2D eigenvalue weighted by molar-refractivity contribution is 0.179. The summed E-state index contributed by atoms with van der Waals surface area (Å²) in [6.07, 6.45) is 7.27. The molecular formula is C10H22N2O. The smallest absolute Gasteiger partial charge is 0.0431 e. The molecule has 1 heterocycles. The second kappa shape index (κ2) is 6.35. The van der Waals surface area contributed by atoms with Crippen LogP contribution in [0.25, 0.3) is 0 Å². The van der Waals surface area contributed by atoms with Crippen molar-refractivity contribution in [3.8, 4) is 0 Å². The molecule has 13 heavy (non-hydrogen) atoms. The van der Waals surface area contributed by atoms with Crippen LogP contribution in [0.4, 0.5) is 0 Å². The van der Waals surface area contributed by atoms with E-state index in [2.05, 4.69) is 0 Å². The van der Waals surface area contributed by atoms with Crippen LogP contribution >= 0.6 is 0 Å². The van der Waals surface area contributed by atoms with Gasteiger partial charge >= 0.3 is 0 Å². The molecule has 0 aromatic rings. The van der Waals surface area contributed by atoms with Gasteiger partial charge in [-0.25, -0.2) is 5.01 Å². The van der Waals surface area contributed by atoms with E-state index in [1.807, 2.05) is 5.01 Å². The Morgan fingerprint density at radius 1 is 1.15 bits per heavy atom. The van der Waals surface area contributed by atoms with Crippen molar-refractivity contribution in [2.75, 3.05) is 19.7 Å². The normalized spacial score (nSPS) is 20.8. The van der Waals surface area contributed by atoms with E-state index in [4.69, 9.17) is 10.9 Å². The molecule has 0 saturated carbocycles. The maximum Gasteiger partial charge on any atom is 0.0431 e. The van der Waals surface area contributed by atoms with Gasteiger partial charge in [-0.2, -0.15) is 0 Å². The largest absolute Gasteiger partial charge is 0.396 e. The van der Waals surface area contributed by atoms with Crippen molar-refractivity contribution < 1.29 is 5.11 Å². The Balaban J connectivity index is 1.96. The zero-order chi connectivity index (χ0) is 9.52. The Hall–Kier alpha value is -0.120. The summed E-state index contributed by atoms with van der Waals surface area (Å²) in [7, 11) is 0. The number of hydrazine groups is 1. The van der Waals surface area contributed by atoms with Crippen molar-refractivity contribution in [2.45, 2.75) is 38.5 Å². The molecule has 0 atom stereocenters. The monoisotopic (exact) mass is 186 g/mol. The number of unbranched alkanes of at least 4 members (excludes halogenated alkanes) is 2. The molecular weight excluding hydrogens is 164 g/mol. The maximum atomic E-state index is 8.61. The first-order valence-electron chi connectivity index (χ1n) is 5.43. The van der Waals surface area contributed by atoms with Gasteiger partial charge in [0, 0.05) is 19.7 Å². The van der Waals surface area contributed by atoms with Gasteiger partial charge in [0.2, 0.25) is 0 Å². The first kappa shape index (κ1) is 11.0. The number of nitrogens with zero attached hydrogens (tertiary/aromatic N) is 1. The minimum atomic E-state index is 0.348. The first-order chi connectivity index (χ1) is 6.33. The van der Waals surface area contributed by atoms with Crippen LogP contribution in [0.5, 0.6) is 0 Å². The highest BCUT2D eigenvalue weighted by Crippen LogP contribution is 2.21. The highest BCUT2D eigenvalue weighted by atomic mass is 16.2. The lowest BCUT2D eigenvalue weighted by Gasteiger charge is -2.28. The lowest BCUT2D eigenvalue weighted by atomic mass is 9.92. The van der Waals surface area contributed by atoms with Gasteiger partial charge < -0.3 is 5.11 Å². The van der Waals surface area contributed by atoms with Crippen LogP contribution in [-0.2, 0) is 0 Å². The number of nitrogens with two attached hydrogens (primary N) is 1. The Kier molecular flexibility index (Phi) is 5.35. The summed E-state index contributed by atoms with van der Waals surface area (Å²) in [6.45, 7) is 2.47. The average Bonchev–Trinajstić information content (AvgIpc) is 2.15. The Bertz CT molecular complexity index is 122. The number of hydrogen-bond donors (Lipinski definition) is 2. The predicted molar refractivity (Wildman–Crippen MR) is 54.0 cm³/mol. The minimum Gasteiger partial charge on any atom is -0.396 e. The van der Waals surface area contributed by atoms with E-state index in [0.29, 0.717) is 6.61 Å². The molecule has 3 N–H and O–H groups in total. The van der Waals surface area contributed by atoms with Crippen molar-refractivity contribution in [1.29, 1.82) is 0 Å². The molecule has 0 bridgehead atoms. The van der Waals surface area contributed by atoms with Gasteiger partial charge in [0.15, 0.2) is 0 Å². The van der Waals surface area contributed by atoms with E-state index < -0.39 is 0 Å². The fraction of sp³-hybridized carbons (Fsp3) is 1.00. The van der Waals surface area contributed by atoms with Gasteiger partial charge in [0.05, 0.1) is 0 Å². The number of aliphatic hydroxyl groups is 1. The van der Waals surface area contributed by atoms with Crippen molar-refractivity contribution in [3.63, 3.8) is 0 Å². The summed E-state index contributed by atoms with van der Waals surface area (Å²) in [4.78, 5) is 0. The summed E-state index contributed by atoms with van der Waals surface area (Å²) in [5, 5.41) is 10.5. The maximum absolute atomic E-state index is 8.61. The number of piperidine rings is 1. The zero-order valence-electron chi connectivity index (χ0n) is 8.41. The SMILES string of the molecule is NN1CCC(CCCCCO)CC1. The third-order valence-corrected chi connectivity index (χ3v) is 2.92. The zero-order valence-corrected chi connectivity index (χ0v) is 8.41. The molecule has 1 aliphatic rings. The molecule has 0 aliphatic carbocycles. The molecule has 0 radical (unpaired) electrons. The Morgan fingerprint density at radius 3 is 2.46 bits per heavy atom. The van der Waals surface area contributed by atoms with Crippen molar-refractivity contribution in [1.82, 2.24) is 5.01 Å². The molecule has 0 aromatic carbocycles. The third-order valence-electron chi connectivity index (χ3n) is 2.92. The van der Waals surface area contributed by atoms with Gasteiger partial charge in [0.25, 0.3) is 0 Å². The molecule has 78 valence electrons. The van der Waals surface area contributed by atoms with Gasteiger partial charge in [-0.15, -0.1) is 0 Å². The Labute approximate surface area is 80.9 Å². The standard InChI is InChI=1S/C10H22N2O/c11-12-7-5-10(6-8-12)4-2-1-3-9-13/h10,13H,1-9,11H2. The first-order valence-corrected chi connectivity index (χ1v) is 5.43. The average molecular weight is 186 g/mol. The summed E-state index contributed by atoms with van der Waals surface area (Å²) in [5.41, 5.74) is 0. The third kappa shape index (κ3) is 4.60. The van der Waals surface area contributed by atoms with Gasteiger partial charge in [0.1, 0.15) is 0 Å². The Morgan fingerprint density at radius 2 is 1.85 bits per heavy atom. The fourth-order valence-corrected chi connectivity index (χ4v) is 1.96. The molecule has 0 unspecified atom stereocenters. The molecule has 1 saturated heterocycles. The number of hydrogen-bond acceptors (Lipinski definition) is 3. The highest BCUT2D eigenvalue weighted by molar-refractivity contribution is 4.68. The lowest BCUT2D eigenvalue weighted by Crippen LogP contribution is -2.38. The second-order valence-electron chi connectivity index (χ2n) is 4.05. The molecule has 0 aromatic heterocycles. The van der Waals surface area contributed by atoms with Gasteiger partial charge in [-0.1, -0.05) is 19.3 Å². The summed E-state index contributed by atoms with van der Waals surface area (Å²) in [5.74, 6) is 6.56. The van der Waals surface area contributed by atoms with Crippen molar-refractivity contribution in [3.05, 3.63) is 0 Å². The molecule has 1 fully saturated rings. The quantitative estimate of drug-likeness (QED) is 0.500. The van der Waals surface area contributed by atoms with Gasteiger partial charge in [-0.05, 0) is 25.2 Å². The molecule has 3 nitrogen and oxygen atoms in total. The molecule has 0 spiro atoms. The van der Waals surface area contributed by atoms with Crippen LogP contribution in [0.1, 0.15) is 38.5 Å². The summed E-state index contributed by atoms with van der Waals surface area (Å²) >= 11 is 0. The highest BCUT2D eigenvalue weighted by Gasteiger charge is 2.15. The van der Waals surface area contributed by atoms with E-state index in [9.17, 15) is 0 Å². The molecule has 0 amide bonds. The summed E-state index contributed by atoms with van der Waals surface area (Å²) < 4.78 is 0. The van der Waals surface area contributed by atoms with E-state index in [1.54, 1.807) is 0 Å². The van der Waals surface area contributed by atoms with E-state index in [1.165, 1.54) is 32.1 Å². The van der Waals surface area contributed by atoms with Crippen molar-refractivity contribution in [2.24, 2.45) is 11.8 Å². The number of rotatable bonds is 5. The van der Waals surface area contributed by atoms with E-state index in [-0.39, 0.29) is 0 Å². The van der Waals surface area contributed by atoms with Crippen LogP contribution in [0.15, 0.2) is 0 Å².